The molecule has 19 heavy (non-hydrogen) atoms. The topological polar surface area (TPSA) is 58.2 Å². The minimum atomic E-state index is -3.26. The lowest BCUT2D eigenvalue weighted by Gasteiger charge is -2.25. The van der Waals surface area contributed by atoms with Crippen LogP contribution in [0.3, 0.4) is 0 Å². The smallest absolute Gasteiger partial charge is 0.215 e. The van der Waals surface area contributed by atoms with E-state index in [1.165, 1.54) is 4.88 Å². The Morgan fingerprint density at radius 2 is 2.11 bits per heavy atom. The van der Waals surface area contributed by atoms with Crippen LogP contribution >= 0.6 is 11.3 Å². The first-order valence-corrected chi connectivity index (χ1v) is 8.95. The van der Waals surface area contributed by atoms with Crippen molar-refractivity contribution in [1.82, 2.24) is 10.0 Å². The Hall–Kier alpha value is -0.430. The van der Waals surface area contributed by atoms with E-state index in [4.69, 9.17) is 0 Å². The normalized spacial score (nSPS) is 14.5. The molecule has 1 aromatic heterocycles. The molecule has 1 unspecified atom stereocenters. The highest BCUT2D eigenvalue weighted by molar-refractivity contribution is 7.90. The lowest BCUT2D eigenvalue weighted by molar-refractivity contribution is 0.502. The van der Waals surface area contributed by atoms with Gasteiger partial charge in [0, 0.05) is 23.4 Å². The van der Waals surface area contributed by atoms with Crippen LogP contribution in [-0.4, -0.2) is 33.3 Å². The van der Waals surface area contributed by atoms with Gasteiger partial charge in [0.05, 0.1) is 5.25 Å². The van der Waals surface area contributed by atoms with Crippen LogP contribution in [0.1, 0.15) is 32.6 Å². The predicted octanol–water partition coefficient (Wildman–Crippen LogP) is 1.94. The summed E-state index contributed by atoms with van der Waals surface area (Å²) in [7, 11) is -3.26. The lowest BCUT2D eigenvalue weighted by Crippen LogP contribution is -2.43. The van der Waals surface area contributed by atoms with Gasteiger partial charge >= 0.3 is 0 Å². The molecule has 4 nitrogen and oxygen atoms in total. The van der Waals surface area contributed by atoms with Crippen molar-refractivity contribution in [1.29, 1.82) is 0 Å². The number of sulfonamides is 1. The molecule has 1 aromatic rings. The Morgan fingerprint density at radius 1 is 1.42 bits per heavy atom. The summed E-state index contributed by atoms with van der Waals surface area (Å²) in [5.41, 5.74) is -0.181. The average Bonchev–Trinajstić information content (AvgIpc) is 2.88. The summed E-state index contributed by atoms with van der Waals surface area (Å²) >= 11 is 1.66. The van der Waals surface area contributed by atoms with Crippen LogP contribution in [0.15, 0.2) is 17.5 Å². The van der Waals surface area contributed by atoms with Crippen molar-refractivity contribution in [3.8, 4) is 0 Å². The fourth-order valence-corrected chi connectivity index (χ4v) is 3.67. The molecule has 1 rings (SSSR count). The number of rotatable bonds is 8. The van der Waals surface area contributed by atoms with Crippen molar-refractivity contribution in [2.75, 3.05) is 19.6 Å². The molecule has 0 fully saturated rings. The Balaban J connectivity index is 2.60. The van der Waals surface area contributed by atoms with Gasteiger partial charge in [-0.05, 0) is 24.9 Å². The van der Waals surface area contributed by atoms with Crippen molar-refractivity contribution in [2.24, 2.45) is 0 Å². The molecular weight excluding hydrogens is 280 g/mol. The van der Waals surface area contributed by atoms with Crippen molar-refractivity contribution >= 4 is 21.4 Å². The number of thiophene rings is 1. The van der Waals surface area contributed by atoms with E-state index in [1.54, 1.807) is 18.3 Å². The fraction of sp³-hybridized carbons (Fsp3) is 0.692. The van der Waals surface area contributed by atoms with Crippen molar-refractivity contribution in [3.05, 3.63) is 22.4 Å². The minimum absolute atomic E-state index is 0.181. The zero-order valence-corrected chi connectivity index (χ0v) is 13.7. The molecular formula is C13H24N2O2S2. The minimum Gasteiger partial charge on any atom is -0.316 e. The van der Waals surface area contributed by atoms with Gasteiger partial charge in [-0.2, -0.15) is 0 Å². The second-order valence-corrected chi connectivity index (χ2v) is 8.48. The molecule has 0 spiro atoms. The monoisotopic (exact) mass is 304 g/mol. The maximum Gasteiger partial charge on any atom is 0.215 e. The fourth-order valence-electron chi connectivity index (χ4n) is 1.63. The Bertz CT molecular complexity index is 467. The highest BCUT2D eigenvalue weighted by atomic mass is 32.2. The van der Waals surface area contributed by atoms with Crippen LogP contribution in [0.2, 0.25) is 0 Å². The molecule has 0 bridgehead atoms. The molecule has 1 atom stereocenters. The lowest BCUT2D eigenvalue weighted by atomic mass is 9.92. The molecule has 1 heterocycles. The zero-order chi connectivity index (χ0) is 14.5. The molecule has 0 aromatic carbocycles. The van der Waals surface area contributed by atoms with Crippen LogP contribution in [0.4, 0.5) is 0 Å². The molecule has 0 saturated heterocycles. The van der Waals surface area contributed by atoms with Gasteiger partial charge in [-0.3, -0.25) is 0 Å². The van der Waals surface area contributed by atoms with Gasteiger partial charge in [0.25, 0.3) is 0 Å². The molecule has 0 aliphatic carbocycles. The van der Waals surface area contributed by atoms with E-state index in [9.17, 15) is 8.42 Å². The van der Waals surface area contributed by atoms with Crippen LogP contribution < -0.4 is 10.0 Å². The van der Waals surface area contributed by atoms with Gasteiger partial charge in [-0.1, -0.05) is 26.8 Å². The van der Waals surface area contributed by atoms with Gasteiger partial charge in [0.15, 0.2) is 0 Å². The summed E-state index contributed by atoms with van der Waals surface area (Å²) < 4.78 is 26.9. The van der Waals surface area contributed by atoms with Crippen molar-refractivity contribution in [2.45, 2.75) is 38.4 Å². The molecule has 0 saturated carbocycles. The summed E-state index contributed by atoms with van der Waals surface area (Å²) in [5, 5.41) is 4.65. The van der Waals surface area contributed by atoms with Crippen LogP contribution in [0.5, 0.6) is 0 Å². The van der Waals surface area contributed by atoms with Crippen LogP contribution in [0, 0.1) is 0 Å². The molecule has 0 aliphatic heterocycles. The van der Waals surface area contributed by atoms with E-state index >= 15 is 0 Å². The van der Waals surface area contributed by atoms with Gasteiger partial charge < -0.3 is 5.32 Å². The van der Waals surface area contributed by atoms with Gasteiger partial charge in [-0.15, -0.1) is 11.3 Å². The van der Waals surface area contributed by atoms with E-state index in [0.717, 1.165) is 6.54 Å². The first kappa shape index (κ1) is 16.6. The summed E-state index contributed by atoms with van der Waals surface area (Å²) in [6, 6.07) is 4.03. The molecule has 0 aliphatic rings. The molecule has 0 radical (unpaired) electrons. The quantitative estimate of drug-likeness (QED) is 0.772. The predicted molar refractivity (Wildman–Crippen MR) is 82.3 cm³/mol. The van der Waals surface area contributed by atoms with E-state index < -0.39 is 15.3 Å². The van der Waals surface area contributed by atoms with E-state index in [1.807, 2.05) is 24.4 Å². The van der Waals surface area contributed by atoms with E-state index in [-0.39, 0.29) is 5.41 Å². The third-order valence-corrected chi connectivity index (χ3v) is 6.12. The SMILES string of the molecule is CCNCC(C)S(=O)(=O)NCC(C)(C)c1cccs1. The van der Waals surface area contributed by atoms with Gasteiger partial charge in [-0.25, -0.2) is 13.1 Å². The third-order valence-electron chi connectivity index (χ3n) is 3.12. The summed E-state index contributed by atoms with van der Waals surface area (Å²) in [6.07, 6.45) is 0. The number of hydrogen-bond acceptors (Lipinski definition) is 4. The summed E-state index contributed by atoms with van der Waals surface area (Å²) in [5.74, 6) is 0. The Morgan fingerprint density at radius 3 is 2.63 bits per heavy atom. The standard InChI is InChI=1S/C13H24N2O2S2/c1-5-14-9-11(2)19(16,17)15-10-13(3,4)12-7-6-8-18-12/h6-8,11,14-15H,5,9-10H2,1-4H3. The second kappa shape index (κ2) is 6.83. The highest BCUT2D eigenvalue weighted by Gasteiger charge is 2.26. The first-order chi connectivity index (χ1) is 8.79. The Labute approximate surface area is 120 Å². The molecule has 110 valence electrons. The van der Waals surface area contributed by atoms with E-state index in [0.29, 0.717) is 13.1 Å². The van der Waals surface area contributed by atoms with E-state index in [2.05, 4.69) is 23.9 Å². The van der Waals surface area contributed by atoms with Crippen molar-refractivity contribution in [3.63, 3.8) is 0 Å². The maximum atomic E-state index is 12.1. The average molecular weight is 304 g/mol. The molecule has 2 N–H and O–H groups in total. The highest BCUT2D eigenvalue weighted by Crippen LogP contribution is 2.26. The number of hydrogen-bond donors (Lipinski definition) is 2. The summed E-state index contributed by atoms with van der Waals surface area (Å²) in [6.45, 7) is 9.47. The first-order valence-electron chi connectivity index (χ1n) is 6.53. The molecule has 6 heteroatoms. The van der Waals surface area contributed by atoms with Gasteiger partial charge in [0.1, 0.15) is 0 Å². The second-order valence-electron chi connectivity index (χ2n) is 5.35. The summed E-state index contributed by atoms with van der Waals surface area (Å²) in [4.78, 5) is 1.19. The van der Waals surface area contributed by atoms with Gasteiger partial charge in [0.2, 0.25) is 10.0 Å². The van der Waals surface area contributed by atoms with Crippen LogP contribution in [-0.2, 0) is 15.4 Å². The van der Waals surface area contributed by atoms with Crippen molar-refractivity contribution < 1.29 is 8.42 Å². The van der Waals surface area contributed by atoms with Crippen LogP contribution in [0.25, 0.3) is 0 Å². The third kappa shape index (κ3) is 4.87. The molecule has 0 amide bonds. The largest absolute Gasteiger partial charge is 0.316 e. The maximum absolute atomic E-state index is 12.1. The Kier molecular flexibility index (Phi) is 5.98. The zero-order valence-electron chi connectivity index (χ0n) is 12.1. The number of nitrogens with one attached hydrogen (secondary N) is 2.